The lowest BCUT2D eigenvalue weighted by atomic mass is 10.00. The number of hydrazone groups is 1. The predicted molar refractivity (Wildman–Crippen MR) is 114 cm³/mol. The van der Waals surface area contributed by atoms with Crippen molar-refractivity contribution in [3.05, 3.63) is 23.9 Å². The standard InChI is InChI=1S/C20H30FN7O3/c1-12(2)31-20(30)26-9-8-17(16(21)11-26)27(15-5-6-15)19(29)14-4-7-18(24-10-14)28(23)13(3)25-22/h4,7,10,12,15-17H,5-6,8-9,11,22-23H2,1-3H3/b25-13-/t16-,17?/m0/s1. The molecule has 2 heterocycles. The minimum Gasteiger partial charge on any atom is -0.447 e. The topological polar surface area (TPSA) is 130 Å². The summed E-state index contributed by atoms with van der Waals surface area (Å²) in [7, 11) is 0. The molecule has 0 bridgehead atoms. The summed E-state index contributed by atoms with van der Waals surface area (Å²) in [4.78, 5) is 32.5. The number of halogens is 1. The Morgan fingerprint density at radius 1 is 1.32 bits per heavy atom. The van der Waals surface area contributed by atoms with Crippen LogP contribution in [-0.4, -0.2) is 70.1 Å². The van der Waals surface area contributed by atoms with Gasteiger partial charge in [0.15, 0.2) is 0 Å². The maximum Gasteiger partial charge on any atom is 0.410 e. The van der Waals surface area contributed by atoms with Crippen LogP contribution in [0.15, 0.2) is 23.4 Å². The SMILES string of the molecule is C/C(=N/N)N(N)c1ccc(C(=O)N(C2CC2)C2CCN(C(=O)OC(C)C)C[C@@H]2F)cn1. The van der Waals surface area contributed by atoms with Gasteiger partial charge in [-0.2, -0.15) is 5.10 Å². The summed E-state index contributed by atoms with van der Waals surface area (Å²) in [6.45, 7) is 5.37. The number of carbonyl (C=O) groups is 2. The fourth-order valence-electron chi connectivity index (χ4n) is 3.62. The van der Waals surface area contributed by atoms with Crippen molar-refractivity contribution in [2.45, 2.75) is 64.4 Å². The summed E-state index contributed by atoms with van der Waals surface area (Å²) < 4.78 is 20.3. The number of nitrogens with two attached hydrogens (primary N) is 2. The van der Waals surface area contributed by atoms with Crippen molar-refractivity contribution in [3.8, 4) is 0 Å². The van der Waals surface area contributed by atoms with Crippen molar-refractivity contribution >= 4 is 23.7 Å². The van der Waals surface area contributed by atoms with Crippen molar-refractivity contribution in [2.75, 3.05) is 18.1 Å². The van der Waals surface area contributed by atoms with Gasteiger partial charge in [0.2, 0.25) is 0 Å². The molecule has 31 heavy (non-hydrogen) atoms. The summed E-state index contributed by atoms with van der Waals surface area (Å²) in [6, 6.07) is 2.60. The maximum absolute atomic E-state index is 15.1. The Morgan fingerprint density at radius 3 is 2.55 bits per heavy atom. The molecule has 11 heteroatoms. The Kier molecular flexibility index (Phi) is 6.94. The Morgan fingerprint density at radius 2 is 2.03 bits per heavy atom. The third-order valence-electron chi connectivity index (χ3n) is 5.41. The molecule has 0 spiro atoms. The van der Waals surface area contributed by atoms with Gasteiger partial charge in [-0.05, 0) is 52.2 Å². The predicted octanol–water partition coefficient (Wildman–Crippen LogP) is 1.62. The van der Waals surface area contributed by atoms with E-state index >= 15 is 4.39 Å². The minimum atomic E-state index is -1.35. The number of alkyl halides is 1. The van der Waals surface area contributed by atoms with Gasteiger partial charge in [0, 0.05) is 18.8 Å². The van der Waals surface area contributed by atoms with E-state index in [0.717, 1.165) is 12.8 Å². The molecule has 2 amide bonds. The van der Waals surface area contributed by atoms with Gasteiger partial charge >= 0.3 is 6.09 Å². The molecular weight excluding hydrogens is 405 g/mol. The summed E-state index contributed by atoms with van der Waals surface area (Å²) in [5, 5.41) is 4.71. The minimum absolute atomic E-state index is 0.00205. The van der Waals surface area contributed by atoms with E-state index in [2.05, 4.69) is 10.1 Å². The number of anilines is 1. The van der Waals surface area contributed by atoms with Gasteiger partial charge in [-0.25, -0.2) is 25.0 Å². The quantitative estimate of drug-likeness (QED) is 0.311. The fraction of sp³-hybridized carbons (Fsp3) is 0.600. The molecular formula is C20H30FN7O3. The fourth-order valence-corrected chi connectivity index (χ4v) is 3.62. The van der Waals surface area contributed by atoms with Gasteiger partial charge in [0.25, 0.3) is 5.91 Å². The van der Waals surface area contributed by atoms with Gasteiger partial charge in [-0.3, -0.25) is 4.79 Å². The molecule has 2 aliphatic rings. The summed E-state index contributed by atoms with van der Waals surface area (Å²) in [5.74, 6) is 11.5. The monoisotopic (exact) mass is 435 g/mol. The molecule has 4 N–H and O–H groups in total. The van der Waals surface area contributed by atoms with Gasteiger partial charge in [-0.15, -0.1) is 0 Å². The first-order valence-electron chi connectivity index (χ1n) is 10.4. The van der Waals surface area contributed by atoms with Crippen molar-refractivity contribution < 1.29 is 18.7 Å². The molecule has 0 aromatic carbocycles. The molecule has 0 radical (unpaired) electrons. The highest BCUT2D eigenvalue weighted by Gasteiger charge is 2.44. The molecule has 10 nitrogen and oxygen atoms in total. The van der Waals surface area contributed by atoms with Crippen LogP contribution in [0.5, 0.6) is 0 Å². The third kappa shape index (κ3) is 5.22. The zero-order valence-corrected chi connectivity index (χ0v) is 18.1. The first-order valence-corrected chi connectivity index (χ1v) is 10.4. The number of likely N-dealkylation sites (tertiary alicyclic amines) is 1. The second kappa shape index (κ2) is 9.46. The van der Waals surface area contributed by atoms with Crippen LogP contribution in [0, 0.1) is 0 Å². The van der Waals surface area contributed by atoms with E-state index in [-0.39, 0.29) is 24.6 Å². The molecule has 1 saturated carbocycles. The number of pyridine rings is 1. The van der Waals surface area contributed by atoms with Crippen LogP contribution in [0.2, 0.25) is 0 Å². The molecule has 1 unspecified atom stereocenters. The van der Waals surface area contributed by atoms with E-state index < -0.39 is 18.3 Å². The number of hydrazine groups is 1. The van der Waals surface area contributed by atoms with Crippen LogP contribution < -0.4 is 16.7 Å². The first-order chi connectivity index (χ1) is 14.7. The van der Waals surface area contributed by atoms with Crippen LogP contribution in [0.1, 0.15) is 50.4 Å². The number of nitrogens with zero attached hydrogens (tertiary/aromatic N) is 5. The largest absolute Gasteiger partial charge is 0.447 e. The van der Waals surface area contributed by atoms with Crippen molar-refractivity contribution in [3.63, 3.8) is 0 Å². The molecule has 1 aliphatic carbocycles. The smallest absolute Gasteiger partial charge is 0.410 e. The second-order valence-corrected chi connectivity index (χ2v) is 8.15. The lowest BCUT2D eigenvalue weighted by Gasteiger charge is -2.40. The van der Waals surface area contributed by atoms with Crippen LogP contribution in [-0.2, 0) is 4.74 Å². The highest BCUT2D eigenvalue weighted by atomic mass is 19.1. The number of hydrogen-bond acceptors (Lipinski definition) is 7. The van der Waals surface area contributed by atoms with Crippen LogP contribution in [0.25, 0.3) is 0 Å². The molecule has 3 rings (SSSR count). The van der Waals surface area contributed by atoms with Gasteiger partial charge < -0.3 is 20.4 Å². The average molecular weight is 436 g/mol. The Balaban J connectivity index is 1.71. The molecule has 1 aliphatic heterocycles. The number of carbonyl (C=O) groups excluding carboxylic acids is 2. The normalized spacial score (nSPS) is 21.7. The lowest BCUT2D eigenvalue weighted by Crippen LogP contribution is -2.56. The van der Waals surface area contributed by atoms with Crippen LogP contribution in [0.3, 0.4) is 0 Å². The summed E-state index contributed by atoms with van der Waals surface area (Å²) in [5.41, 5.74) is 0.347. The van der Waals surface area contributed by atoms with E-state index in [9.17, 15) is 9.59 Å². The van der Waals surface area contributed by atoms with Crippen LogP contribution in [0.4, 0.5) is 15.0 Å². The Hall–Kier alpha value is -2.95. The van der Waals surface area contributed by atoms with Crippen molar-refractivity contribution in [1.82, 2.24) is 14.8 Å². The zero-order chi connectivity index (χ0) is 22.7. The maximum atomic E-state index is 15.1. The molecule has 2 fully saturated rings. The second-order valence-electron chi connectivity index (χ2n) is 8.15. The highest BCUT2D eigenvalue weighted by Crippen LogP contribution is 2.34. The highest BCUT2D eigenvalue weighted by molar-refractivity contribution is 5.96. The summed E-state index contributed by atoms with van der Waals surface area (Å²) >= 11 is 0. The van der Waals surface area contributed by atoms with E-state index in [1.807, 2.05) is 0 Å². The number of amidine groups is 1. The number of rotatable bonds is 5. The van der Waals surface area contributed by atoms with Gasteiger partial charge in [0.1, 0.15) is 17.8 Å². The zero-order valence-electron chi connectivity index (χ0n) is 18.1. The molecule has 1 aromatic rings. The number of aromatic nitrogens is 1. The molecule has 2 atom stereocenters. The summed E-state index contributed by atoms with van der Waals surface area (Å²) in [6.07, 6.45) is 1.29. The first kappa shape index (κ1) is 22.7. The van der Waals surface area contributed by atoms with Crippen molar-refractivity contribution in [2.24, 2.45) is 16.8 Å². The Labute approximate surface area is 181 Å². The van der Waals surface area contributed by atoms with E-state index in [1.54, 1.807) is 37.8 Å². The molecule has 170 valence electrons. The number of ether oxygens (including phenoxy) is 1. The number of hydrogen-bond donors (Lipinski definition) is 2. The van der Waals surface area contributed by atoms with Gasteiger partial charge in [-0.1, -0.05) is 0 Å². The van der Waals surface area contributed by atoms with E-state index in [4.69, 9.17) is 16.4 Å². The van der Waals surface area contributed by atoms with Crippen LogP contribution >= 0.6 is 0 Å². The lowest BCUT2D eigenvalue weighted by molar-refractivity contribution is 0.0153. The van der Waals surface area contributed by atoms with Gasteiger partial charge in [0.05, 0.1) is 24.3 Å². The molecule has 1 aromatic heterocycles. The van der Waals surface area contributed by atoms with Crippen molar-refractivity contribution in [1.29, 1.82) is 0 Å². The number of amides is 2. The Bertz CT molecular complexity index is 829. The number of piperidine rings is 1. The molecule has 1 saturated heterocycles. The third-order valence-corrected chi connectivity index (χ3v) is 5.41. The average Bonchev–Trinajstić information content (AvgIpc) is 3.58. The van der Waals surface area contributed by atoms with E-state index in [1.165, 1.54) is 16.1 Å². The van der Waals surface area contributed by atoms with E-state index in [0.29, 0.717) is 30.2 Å².